The molecule has 1 aliphatic rings. The predicted octanol–water partition coefficient (Wildman–Crippen LogP) is 1.99. The van der Waals surface area contributed by atoms with E-state index in [2.05, 4.69) is 24.1 Å². The number of carbonyl (C=O) groups excluding carboxylic acids is 1. The van der Waals surface area contributed by atoms with Crippen molar-refractivity contribution < 1.29 is 4.79 Å². The van der Waals surface area contributed by atoms with Crippen molar-refractivity contribution in [1.29, 1.82) is 0 Å². The van der Waals surface area contributed by atoms with E-state index in [0.29, 0.717) is 12.1 Å². The summed E-state index contributed by atoms with van der Waals surface area (Å²) >= 11 is 0. The number of carbonyl (C=O) groups is 1. The first kappa shape index (κ1) is 12.2. The van der Waals surface area contributed by atoms with Crippen LogP contribution in [0, 0.1) is 0 Å². The van der Waals surface area contributed by atoms with Crippen LogP contribution in [0.3, 0.4) is 0 Å². The first-order chi connectivity index (χ1) is 9.15. The highest BCUT2D eigenvalue weighted by molar-refractivity contribution is 6.06. The van der Waals surface area contributed by atoms with E-state index < -0.39 is 0 Å². The summed E-state index contributed by atoms with van der Waals surface area (Å²) in [7, 11) is 0. The van der Waals surface area contributed by atoms with Gasteiger partial charge < -0.3 is 15.2 Å². The van der Waals surface area contributed by atoms with Crippen molar-refractivity contribution in [2.24, 2.45) is 0 Å². The summed E-state index contributed by atoms with van der Waals surface area (Å²) in [6.07, 6.45) is 1.88. The predicted molar refractivity (Wildman–Crippen MR) is 76.3 cm³/mol. The fourth-order valence-electron chi connectivity index (χ4n) is 2.93. The molecule has 2 heterocycles. The van der Waals surface area contributed by atoms with Gasteiger partial charge in [-0.3, -0.25) is 4.79 Å². The maximum absolute atomic E-state index is 12.7. The molecule has 1 fully saturated rings. The van der Waals surface area contributed by atoms with Crippen molar-refractivity contribution in [2.45, 2.75) is 25.9 Å². The van der Waals surface area contributed by atoms with Crippen LogP contribution in [0.4, 0.5) is 0 Å². The summed E-state index contributed by atoms with van der Waals surface area (Å²) in [5.41, 5.74) is 1.81. The fraction of sp³-hybridized carbons (Fsp3) is 0.400. The number of rotatable bonds is 1. The third-order valence-corrected chi connectivity index (χ3v) is 3.67. The number of aromatic amines is 1. The Hall–Kier alpha value is -1.81. The number of hydrogen-bond donors (Lipinski definition) is 2. The van der Waals surface area contributed by atoms with Gasteiger partial charge >= 0.3 is 0 Å². The standard InChI is InChI=1S/C15H19N3O/c1-10-8-18(9-11(2)17-10)15(19)13-4-3-5-14-12(13)6-7-16-14/h3-7,10-11,16-17H,8-9H2,1-2H3. The van der Waals surface area contributed by atoms with E-state index in [9.17, 15) is 4.79 Å². The first-order valence-corrected chi connectivity index (χ1v) is 6.76. The Kier molecular flexibility index (Phi) is 3.03. The lowest BCUT2D eigenvalue weighted by Crippen LogP contribution is -2.55. The normalized spacial score (nSPS) is 23.8. The molecule has 0 radical (unpaired) electrons. The number of amides is 1. The van der Waals surface area contributed by atoms with E-state index in [1.54, 1.807) is 0 Å². The van der Waals surface area contributed by atoms with Crippen molar-refractivity contribution in [3.05, 3.63) is 36.0 Å². The van der Waals surface area contributed by atoms with Crippen LogP contribution in [0.5, 0.6) is 0 Å². The average molecular weight is 257 g/mol. The second-order valence-corrected chi connectivity index (χ2v) is 5.42. The summed E-state index contributed by atoms with van der Waals surface area (Å²) < 4.78 is 0. The molecular weight excluding hydrogens is 238 g/mol. The third-order valence-electron chi connectivity index (χ3n) is 3.67. The van der Waals surface area contributed by atoms with Crippen molar-refractivity contribution in [3.63, 3.8) is 0 Å². The molecule has 1 aromatic heterocycles. The van der Waals surface area contributed by atoms with Crippen LogP contribution in [-0.4, -0.2) is 41.0 Å². The van der Waals surface area contributed by atoms with Gasteiger partial charge in [0, 0.05) is 47.8 Å². The van der Waals surface area contributed by atoms with E-state index in [-0.39, 0.29) is 5.91 Å². The lowest BCUT2D eigenvalue weighted by atomic mass is 10.1. The summed E-state index contributed by atoms with van der Waals surface area (Å²) in [4.78, 5) is 17.8. The molecule has 1 aromatic carbocycles. The van der Waals surface area contributed by atoms with Crippen molar-refractivity contribution in [1.82, 2.24) is 15.2 Å². The maximum atomic E-state index is 12.7. The van der Waals surface area contributed by atoms with Crippen molar-refractivity contribution in [2.75, 3.05) is 13.1 Å². The molecule has 0 bridgehead atoms. The Balaban J connectivity index is 1.93. The van der Waals surface area contributed by atoms with Crippen molar-refractivity contribution in [3.8, 4) is 0 Å². The molecule has 1 saturated heterocycles. The molecule has 3 rings (SSSR count). The number of aromatic nitrogens is 1. The molecule has 19 heavy (non-hydrogen) atoms. The van der Waals surface area contributed by atoms with Crippen LogP contribution in [0.1, 0.15) is 24.2 Å². The highest BCUT2D eigenvalue weighted by Gasteiger charge is 2.26. The minimum absolute atomic E-state index is 0.130. The Morgan fingerprint density at radius 1 is 1.21 bits per heavy atom. The molecule has 2 N–H and O–H groups in total. The lowest BCUT2D eigenvalue weighted by Gasteiger charge is -2.36. The zero-order valence-electron chi connectivity index (χ0n) is 11.3. The minimum atomic E-state index is 0.130. The molecular formula is C15H19N3O. The van der Waals surface area contributed by atoms with Crippen LogP contribution in [0.25, 0.3) is 10.9 Å². The Morgan fingerprint density at radius 3 is 2.68 bits per heavy atom. The molecule has 4 nitrogen and oxygen atoms in total. The van der Waals surface area contributed by atoms with Crippen LogP contribution in [-0.2, 0) is 0 Å². The monoisotopic (exact) mass is 257 g/mol. The molecule has 0 saturated carbocycles. The Bertz CT molecular complexity index is 594. The highest BCUT2D eigenvalue weighted by atomic mass is 16.2. The number of piperazine rings is 1. The lowest BCUT2D eigenvalue weighted by molar-refractivity contribution is 0.0676. The molecule has 2 aromatic rings. The summed E-state index contributed by atoms with van der Waals surface area (Å²) in [5, 5.41) is 4.45. The number of nitrogens with one attached hydrogen (secondary N) is 2. The van der Waals surface area contributed by atoms with Gasteiger partial charge in [-0.25, -0.2) is 0 Å². The fourth-order valence-corrected chi connectivity index (χ4v) is 2.93. The van der Waals surface area contributed by atoms with Crippen LogP contribution < -0.4 is 5.32 Å². The smallest absolute Gasteiger partial charge is 0.254 e. The van der Waals surface area contributed by atoms with Crippen LogP contribution >= 0.6 is 0 Å². The second kappa shape index (κ2) is 4.70. The van der Waals surface area contributed by atoms with Crippen LogP contribution in [0.2, 0.25) is 0 Å². The van der Waals surface area contributed by atoms with Gasteiger partial charge in [-0.15, -0.1) is 0 Å². The Morgan fingerprint density at radius 2 is 1.95 bits per heavy atom. The number of benzene rings is 1. The van der Waals surface area contributed by atoms with Gasteiger partial charge in [-0.05, 0) is 32.0 Å². The SMILES string of the molecule is CC1CN(C(=O)c2cccc3[nH]ccc23)CC(C)N1. The molecule has 2 unspecified atom stereocenters. The molecule has 0 aliphatic carbocycles. The minimum Gasteiger partial charge on any atom is -0.361 e. The van der Waals surface area contributed by atoms with E-state index in [0.717, 1.165) is 29.6 Å². The average Bonchev–Trinajstić information content (AvgIpc) is 2.84. The second-order valence-electron chi connectivity index (χ2n) is 5.42. The highest BCUT2D eigenvalue weighted by Crippen LogP contribution is 2.20. The van der Waals surface area contributed by atoms with Gasteiger partial charge in [0.1, 0.15) is 0 Å². The number of fused-ring (bicyclic) bond motifs is 1. The molecule has 0 spiro atoms. The molecule has 4 heteroatoms. The summed E-state index contributed by atoms with van der Waals surface area (Å²) in [6, 6.07) is 8.50. The molecule has 2 atom stereocenters. The Labute approximate surface area is 112 Å². The number of nitrogens with zero attached hydrogens (tertiary/aromatic N) is 1. The van der Waals surface area contributed by atoms with Crippen molar-refractivity contribution >= 4 is 16.8 Å². The van der Waals surface area contributed by atoms with Gasteiger partial charge in [-0.2, -0.15) is 0 Å². The number of H-pyrrole nitrogens is 1. The zero-order valence-corrected chi connectivity index (χ0v) is 11.3. The molecule has 100 valence electrons. The van der Waals surface area contributed by atoms with Gasteiger partial charge in [0.2, 0.25) is 0 Å². The summed E-state index contributed by atoms with van der Waals surface area (Å²) in [6.45, 7) is 5.77. The molecule has 1 amide bonds. The van der Waals surface area contributed by atoms with Gasteiger partial charge in [0.25, 0.3) is 5.91 Å². The maximum Gasteiger partial charge on any atom is 0.254 e. The van der Waals surface area contributed by atoms with E-state index in [1.807, 2.05) is 35.4 Å². The van der Waals surface area contributed by atoms with Gasteiger partial charge in [0.05, 0.1) is 0 Å². The number of hydrogen-bond acceptors (Lipinski definition) is 2. The quantitative estimate of drug-likeness (QED) is 0.821. The van der Waals surface area contributed by atoms with Gasteiger partial charge in [0.15, 0.2) is 0 Å². The zero-order chi connectivity index (χ0) is 13.4. The van der Waals surface area contributed by atoms with E-state index in [1.165, 1.54) is 0 Å². The largest absolute Gasteiger partial charge is 0.361 e. The van der Waals surface area contributed by atoms with E-state index in [4.69, 9.17) is 0 Å². The van der Waals surface area contributed by atoms with Crippen LogP contribution in [0.15, 0.2) is 30.5 Å². The third kappa shape index (κ3) is 2.24. The van der Waals surface area contributed by atoms with E-state index >= 15 is 0 Å². The van der Waals surface area contributed by atoms with Gasteiger partial charge in [-0.1, -0.05) is 6.07 Å². The molecule has 1 aliphatic heterocycles. The first-order valence-electron chi connectivity index (χ1n) is 6.76. The summed E-state index contributed by atoms with van der Waals surface area (Å²) in [5.74, 6) is 0.130. The topological polar surface area (TPSA) is 48.1 Å².